The molecule has 32 heavy (non-hydrogen) atoms. The third-order valence-electron chi connectivity index (χ3n) is 5.80. The van der Waals surface area contributed by atoms with Crippen LogP contribution in [0.2, 0.25) is 0 Å². The highest BCUT2D eigenvalue weighted by Crippen LogP contribution is 2.22. The molecular weight excluding hydrogens is 406 g/mol. The number of nitrogens with zero attached hydrogens (tertiary/aromatic N) is 4. The average molecular weight is 436 g/mol. The molecule has 3 aromatic rings. The summed E-state index contributed by atoms with van der Waals surface area (Å²) in [4.78, 5) is 33.6. The molecule has 8 nitrogen and oxygen atoms in total. The molecule has 1 fully saturated rings. The molecule has 0 spiro atoms. The van der Waals surface area contributed by atoms with Crippen molar-refractivity contribution in [3.8, 4) is 5.75 Å². The van der Waals surface area contributed by atoms with Gasteiger partial charge in [-0.15, -0.1) is 0 Å². The second kappa shape index (κ2) is 9.82. The van der Waals surface area contributed by atoms with Gasteiger partial charge in [0.05, 0.1) is 25.3 Å². The number of ether oxygens (including phenoxy) is 1. The topological polar surface area (TPSA) is 79.2 Å². The van der Waals surface area contributed by atoms with Gasteiger partial charge in [0.2, 0.25) is 11.8 Å². The van der Waals surface area contributed by atoms with E-state index >= 15 is 0 Å². The number of imidazole rings is 1. The SMILES string of the molecule is COc1ccc(C(CC(=O)N2CCN(Cc3cn4ccccc4n3)CC2)NC(C)=O)cc1. The van der Waals surface area contributed by atoms with E-state index in [0.717, 1.165) is 42.3 Å². The van der Waals surface area contributed by atoms with Crippen LogP contribution in [0.1, 0.15) is 30.6 Å². The fraction of sp³-hybridized carbons (Fsp3) is 0.375. The molecule has 1 aliphatic rings. The first-order valence-corrected chi connectivity index (χ1v) is 10.9. The number of piperazine rings is 1. The lowest BCUT2D eigenvalue weighted by molar-refractivity contribution is -0.133. The van der Waals surface area contributed by atoms with E-state index in [9.17, 15) is 9.59 Å². The Morgan fingerprint density at radius 2 is 1.84 bits per heavy atom. The van der Waals surface area contributed by atoms with Gasteiger partial charge in [0.1, 0.15) is 11.4 Å². The molecule has 0 aliphatic carbocycles. The maximum atomic E-state index is 13.0. The standard InChI is InChI=1S/C24H29N5O3/c1-18(30)25-22(19-6-8-21(32-2)9-7-19)15-24(31)28-13-11-27(12-14-28)16-20-17-29-10-4-3-5-23(29)26-20/h3-10,17,22H,11-16H2,1-2H3,(H,25,30). The van der Waals surface area contributed by atoms with Gasteiger partial charge in [-0.05, 0) is 29.8 Å². The van der Waals surface area contributed by atoms with Gasteiger partial charge in [-0.1, -0.05) is 18.2 Å². The molecule has 0 radical (unpaired) electrons. The molecule has 0 bridgehead atoms. The molecule has 1 unspecified atom stereocenters. The smallest absolute Gasteiger partial charge is 0.225 e. The molecule has 0 saturated carbocycles. The van der Waals surface area contributed by atoms with E-state index in [1.54, 1.807) is 7.11 Å². The zero-order chi connectivity index (χ0) is 22.5. The van der Waals surface area contributed by atoms with Crippen molar-refractivity contribution in [3.63, 3.8) is 0 Å². The summed E-state index contributed by atoms with van der Waals surface area (Å²) >= 11 is 0. The Morgan fingerprint density at radius 3 is 2.50 bits per heavy atom. The normalized spacial score (nSPS) is 15.5. The van der Waals surface area contributed by atoms with Crippen molar-refractivity contribution in [1.29, 1.82) is 0 Å². The monoisotopic (exact) mass is 435 g/mol. The van der Waals surface area contributed by atoms with E-state index in [1.165, 1.54) is 6.92 Å². The quantitative estimate of drug-likeness (QED) is 0.616. The number of aromatic nitrogens is 2. The second-order valence-electron chi connectivity index (χ2n) is 8.09. The maximum Gasteiger partial charge on any atom is 0.225 e. The lowest BCUT2D eigenvalue weighted by Gasteiger charge is -2.35. The van der Waals surface area contributed by atoms with E-state index in [4.69, 9.17) is 4.74 Å². The number of hydrogen-bond acceptors (Lipinski definition) is 5. The molecule has 4 rings (SSSR count). The van der Waals surface area contributed by atoms with Gasteiger partial charge < -0.3 is 19.4 Å². The van der Waals surface area contributed by atoms with Gasteiger partial charge in [0.15, 0.2) is 0 Å². The number of carbonyl (C=O) groups is 2. The van der Waals surface area contributed by atoms with Crippen molar-refractivity contribution in [1.82, 2.24) is 24.5 Å². The van der Waals surface area contributed by atoms with Crippen molar-refractivity contribution in [3.05, 3.63) is 66.1 Å². The summed E-state index contributed by atoms with van der Waals surface area (Å²) in [7, 11) is 1.61. The van der Waals surface area contributed by atoms with Gasteiger partial charge in [0, 0.05) is 52.0 Å². The Balaban J connectivity index is 1.33. The molecular formula is C24H29N5O3. The predicted octanol–water partition coefficient (Wildman–Crippen LogP) is 2.25. The fourth-order valence-corrected chi connectivity index (χ4v) is 4.09. The highest BCUT2D eigenvalue weighted by Gasteiger charge is 2.25. The summed E-state index contributed by atoms with van der Waals surface area (Å²) < 4.78 is 7.23. The number of pyridine rings is 1. The Hall–Kier alpha value is -3.39. The van der Waals surface area contributed by atoms with Crippen LogP contribution >= 0.6 is 0 Å². The van der Waals surface area contributed by atoms with Crippen molar-refractivity contribution in [2.24, 2.45) is 0 Å². The predicted molar refractivity (Wildman–Crippen MR) is 121 cm³/mol. The zero-order valence-electron chi connectivity index (χ0n) is 18.5. The van der Waals surface area contributed by atoms with Crippen LogP contribution in [0.25, 0.3) is 5.65 Å². The van der Waals surface area contributed by atoms with Gasteiger partial charge in [-0.2, -0.15) is 0 Å². The van der Waals surface area contributed by atoms with E-state index < -0.39 is 0 Å². The number of methoxy groups -OCH3 is 1. The van der Waals surface area contributed by atoms with Crippen molar-refractivity contribution < 1.29 is 14.3 Å². The lowest BCUT2D eigenvalue weighted by atomic mass is 10.0. The first-order chi connectivity index (χ1) is 15.5. The van der Waals surface area contributed by atoms with Crippen LogP contribution in [0.4, 0.5) is 0 Å². The number of benzene rings is 1. The second-order valence-corrected chi connectivity index (χ2v) is 8.09. The third-order valence-corrected chi connectivity index (χ3v) is 5.80. The van der Waals surface area contributed by atoms with E-state index in [2.05, 4.69) is 21.4 Å². The van der Waals surface area contributed by atoms with Crippen LogP contribution in [0.5, 0.6) is 5.75 Å². The molecule has 2 aromatic heterocycles. The molecule has 1 aromatic carbocycles. The van der Waals surface area contributed by atoms with Gasteiger partial charge >= 0.3 is 0 Å². The number of rotatable bonds is 7. The summed E-state index contributed by atoms with van der Waals surface area (Å²) in [6, 6.07) is 13.1. The molecule has 8 heteroatoms. The maximum absolute atomic E-state index is 13.0. The summed E-state index contributed by atoms with van der Waals surface area (Å²) in [6.45, 7) is 5.17. The minimum absolute atomic E-state index is 0.0481. The summed E-state index contributed by atoms with van der Waals surface area (Å²) in [5.74, 6) is 0.631. The first kappa shape index (κ1) is 21.8. The minimum atomic E-state index is -0.359. The van der Waals surface area contributed by atoms with Crippen LogP contribution in [-0.2, 0) is 16.1 Å². The summed E-state index contributed by atoms with van der Waals surface area (Å²) in [5.41, 5.74) is 2.86. The fourth-order valence-electron chi connectivity index (χ4n) is 4.09. The van der Waals surface area contributed by atoms with E-state index in [1.807, 2.05) is 58.0 Å². The van der Waals surface area contributed by atoms with Crippen LogP contribution in [-0.4, -0.2) is 64.3 Å². The molecule has 168 valence electrons. The first-order valence-electron chi connectivity index (χ1n) is 10.9. The van der Waals surface area contributed by atoms with Gasteiger partial charge in [-0.3, -0.25) is 14.5 Å². The number of carbonyl (C=O) groups excluding carboxylic acids is 2. The molecule has 1 aliphatic heterocycles. The number of amides is 2. The van der Waals surface area contributed by atoms with Crippen molar-refractivity contribution >= 4 is 17.5 Å². The van der Waals surface area contributed by atoms with Crippen LogP contribution in [0.15, 0.2) is 54.9 Å². The molecule has 3 heterocycles. The Labute approximate surface area is 187 Å². The molecule has 1 N–H and O–H groups in total. The van der Waals surface area contributed by atoms with Crippen molar-refractivity contribution in [2.45, 2.75) is 25.9 Å². The Bertz CT molecular complexity index is 1040. The number of nitrogens with one attached hydrogen (secondary N) is 1. The summed E-state index contributed by atoms with van der Waals surface area (Å²) in [5, 5.41) is 2.91. The van der Waals surface area contributed by atoms with Crippen LogP contribution < -0.4 is 10.1 Å². The molecule has 1 saturated heterocycles. The minimum Gasteiger partial charge on any atom is -0.497 e. The average Bonchev–Trinajstić information content (AvgIpc) is 3.21. The van der Waals surface area contributed by atoms with Crippen molar-refractivity contribution in [2.75, 3.05) is 33.3 Å². The Morgan fingerprint density at radius 1 is 1.09 bits per heavy atom. The van der Waals surface area contributed by atoms with E-state index in [-0.39, 0.29) is 24.3 Å². The number of fused-ring (bicyclic) bond motifs is 1. The highest BCUT2D eigenvalue weighted by molar-refractivity contribution is 5.79. The van der Waals surface area contributed by atoms with Gasteiger partial charge in [0.25, 0.3) is 0 Å². The molecule has 1 atom stereocenters. The van der Waals surface area contributed by atoms with Gasteiger partial charge in [-0.25, -0.2) is 4.98 Å². The molecule has 2 amide bonds. The Kier molecular flexibility index (Phi) is 6.70. The largest absolute Gasteiger partial charge is 0.497 e. The number of hydrogen-bond donors (Lipinski definition) is 1. The van der Waals surface area contributed by atoms with Crippen LogP contribution in [0.3, 0.4) is 0 Å². The van der Waals surface area contributed by atoms with Crippen LogP contribution in [0, 0.1) is 0 Å². The highest BCUT2D eigenvalue weighted by atomic mass is 16.5. The summed E-state index contributed by atoms with van der Waals surface area (Å²) in [6.07, 6.45) is 4.29. The lowest BCUT2D eigenvalue weighted by Crippen LogP contribution is -2.49. The third kappa shape index (κ3) is 5.26. The van der Waals surface area contributed by atoms with E-state index in [0.29, 0.717) is 13.1 Å². The zero-order valence-corrected chi connectivity index (χ0v) is 18.5.